The zero-order valence-corrected chi connectivity index (χ0v) is 16.7. The summed E-state index contributed by atoms with van der Waals surface area (Å²) in [6.07, 6.45) is 1.67. The molecule has 0 saturated heterocycles. The molecule has 0 atom stereocenters. The lowest BCUT2D eigenvalue weighted by Gasteiger charge is -2.09. The lowest BCUT2D eigenvalue weighted by atomic mass is 10.1. The number of carbonyl (C=O) groups excluding carboxylic acids is 1. The molecule has 1 heterocycles. The second-order valence-corrected chi connectivity index (χ2v) is 7.32. The molecule has 0 bridgehead atoms. The quantitative estimate of drug-likeness (QED) is 0.409. The molecule has 0 unspecified atom stereocenters. The van der Waals surface area contributed by atoms with E-state index < -0.39 is 0 Å². The summed E-state index contributed by atoms with van der Waals surface area (Å²) >= 11 is 3.46. The Labute approximate surface area is 171 Å². The van der Waals surface area contributed by atoms with Crippen molar-refractivity contribution >= 4 is 27.5 Å². The average Bonchev–Trinajstić information content (AvgIpc) is 3.18. The highest BCUT2D eigenvalue weighted by atomic mass is 79.9. The van der Waals surface area contributed by atoms with E-state index in [1.54, 1.807) is 12.3 Å². The predicted octanol–water partition coefficient (Wildman–Crippen LogP) is 6.33. The van der Waals surface area contributed by atoms with Gasteiger partial charge >= 0.3 is 0 Å². The lowest BCUT2D eigenvalue weighted by molar-refractivity contribution is 0.102. The van der Waals surface area contributed by atoms with Crippen molar-refractivity contribution in [2.75, 3.05) is 5.32 Å². The number of nitrogens with one attached hydrogen (secondary N) is 1. The Morgan fingerprint density at radius 2 is 1.82 bits per heavy atom. The van der Waals surface area contributed by atoms with Crippen LogP contribution in [0.5, 0.6) is 0 Å². The van der Waals surface area contributed by atoms with Crippen LogP contribution in [-0.4, -0.2) is 10.9 Å². The molecule has 138 valence electrons. The Balaban J connectivity index is 1.66. The van der Waals surface area contributed by atoms with Crippen molar-refractivity contribution in [1.29, 1.82) is 0 Å². The topological polar surface area (TPSA) is 55.1 Å². The largest absolute Gasteiger partial charge is 0.436 e. The molecular formula is C23H17BrN2O2. The summed E-state index contributed by atoms with van der Waals surface area (Å²) in [5, 5.41) is 2.94. The molecular weight excluding hydrogens is 416 g/mol. The van der Waals surface area contributed by atoms with Crippen LogP contribution in [0.1, 0.15) is 15.9 Å². The number of rotatable bonds is 4. The summed E-state index contributed by atoms with van der Waals surface area (Å²) in [5.41, 5.74) is 3.90. The number of amides is 1. The molecule has 1 N–H and O–H groups in total. The van der Waals surface area contributed by atoms with Crippen LogP contribution in [0.4, 0.5) is 5.69 Å². The summed E-state index contributed by atoms with van der Waals surface area (Å²) in [5.74, 6) is 0.846. The van der Waals surface area contributed by atoms with Crippen molar-refractivity contribution in [2.45, 2.75) is 6.92 Å². The fourth-order valence-corrected chi connectivity index (χ4v) is 3.36. The van der Waals surface area contributed by atoms with E-state index in [-0.39, 0.29) is 5.91 Å². The van der Waals surface area contributed by atoms with Crippen LogP contribution in [0.3, 0.4) is 0 Å². The van der Waals surface area contributed by atoms with E-state index in [4.69, 9.17) is 4.42 Å². The van der Waals surface area contributed by atoms with E-state index in [9.17, 15) is 4.79 Å². The van der Waals surface area contributed by atoms with Gasteiger partial charge in [-0.05, 0) is 48.9 Å². The van der Waals surface area contributed by atoms with Crippen LogP contribution in [0.25, 0.3) is 22.8 Å². The molecule has 0 radical (unpaired) electrons. The van der Waals surface area contributed by atoms with Crippen molar-refractivity contribution in [3.05, 3.63) is 94.6 Å². The second kappa shape index (κ2) is 7.82. The molecule has 3 aromatic carbocycles. The van der Waals surface area contributed by atoms with Gasteiger partial charge in [0, 0.05) is 21.3 Å². The van der Waals surface area contributed by atoms with Crippen LogP contribution in [0, 0.1) is 6.92 Å². The molecule has 5 heteroatoms. The van der Waals surface area contributed by atoms with E-state index in [1.165, 1.54) is 0 Å². The molecule has 0 spiro atoms. The van der Waals surface area contributed by atoms with E-state index >= 15 is 0 Å². The van der Waals surface area contributed by atoms with E-state index in [0.29, 0.717) is 22.8 Å². The van der Waals surface area contributed by atoms with Gasteiger partial charge in [0.05, 0.1) is 11.8 Å². The van der Waals surface area contributed by atoms with E-state index in [1.807, 2.05) is 73.7 Å². The molecule has 0 aliphatic heterocycles. The minimum atomic E-state index is -0.205. The third-order valence-corrected chi connectivity index (χ3v) is 4.79. The maximum absolute atomic E-state index is 12.9. The van der Waals surface area contributed by atoms with Gasteiger partial charge < -0.3 is 9.73 Å². The summed E-state index contributed by atoms with van der Waals surface area (Å²) < 4.78 is 6.92. The molecule has 1 amide bonds. The Morgan fingerprint density at radius 3 is 2.64 bits per heavy atom. The van der Waals surface area contributed by atoms with Gasteiger partial charge in [-0.25, -0.2) is 4.98 Å². The first kappa shape index (κ1) is 18.2. The standard InChI is InChI=1S/C23H17BrN2O2/c1-15-6-4-9-18(12-15)26-22(27)19-10-2-3-11-20(19)23-25-14-21(28-23)16-7-5-8-17(24)13-16/h2-14H,1H3,(H,26,27). The van der Waals surface area contributed by atoms with Gasteiger partial charge in [0.1, 0.15) is 0 Å². The van der Waals surface area contributed by atoms with Crippen LogP contribution < -0.4 is 5.32 Å². The van der Waals surface area contributed by atoms with E-state index in [2.05, 4.69) is 26.2 Å². The number of aryl methyl sites for hydroxylation is 1. The first-order chi connectivity index (χ1) is 13.6. The van der Waals surface area contributed by atoms with Crippen LogP contribution >= 0.6 is 15.9 Å². The van der Waals surface area contributed by atoms with Crippen molar-refractivity contribution in [3.8, 4) is 22.8 Å². The number of carbonyl (C=O) groups is 1. The van der Waals surface area contributed by atoms with Gasteiger partial charge in [0.2, 0.25) is 5.89 Å². The summed E-state index contributed by atoms with van der Waals surface area (Å²) in [7, 11) is 0. The number of halogens is 1. The summed E-state index contributed by atoms with van der Waals surface area (Å²) in [6, 6.07) is 22.8. The molecule has 1 aromatic heterocycles. The van der Waals surface area contributed by atoms with Crippen LogP contribution in [-0.2, 0) is 0 Å². The predicted molar refractivity (Wildman–Crippen MR) is 114 cm³/mol. The minimum Gasteiger partial charge on any atom is -0.436 e. The summed E-state index contributed by atoms with van der Waals surface area (Å²) in [6.45, 7) is 1.99. The normalized spacial score (nSPS) is 10.6. The third-order valence-electron chi connectivity index (χ3n) is 4.29. The monoisotopic (exact) mass is 432 g/mol. The Hall–Kier alpha value is -3.18. The SMILES string of the molecule is Cc1cccc(NC(=O)c2ccccc2-c2ncc(-c3cccc(Br)c3)o2)c1. The molecule has 4 aromatic rings. The first-order valence-corrected chi connectivity index (χ1v) is 9.58. The number of oxazole rings is 1. The van der Waals surface area contributed by atoms with Gasteiger partial charge in [-0.15, -0.1) is 0 Å². The fourth-order valence-electron chi connectivity index (χ4n) is 2.96. The Kier molecular flexibility index (Phi) is 5.08. The van der Waals surface area contributed by atoms with Gasteiger partial charge in [0.25, 0.3) is 5.91 Å². The molecule has 28 heavy (non-hydrogen) atoms. The highest BCUT2D eigenvalue weighted by Crippen LogP contribution is 2.29. The molecule has 4 rings (SSSR count). The minimum absolute atomic E-state index is 0.205. The first-order valence-electron chi connectivity index (χ1n) is 8.79. The van der Waals surface area contributed by atoms with Crippen molar-refractivity contribution < 1.29 is 9.21 Å². The van der Waals surface area contributed by atoms with Crippen molar-refractivity contribution in [1.82, 2.24) is 4.98 Å². The van der Waals surface area contributed by atoms with Crippen LogP contribution in [0.2, 0.25) is 0 Å². The van der Waals surface area contributed by atoms with E-state index in [0.717, 1.165) is 21.3 Å². The van der Waals surface area contributed by atoms with Gasteiger partial charge in [-0.1, -0.05) is 52.3 Å². The number of anilines is 1. The van der Waals surface area contributed by atoms with Gasteiger partial charge in [-0.3, -0.25) is 4.79 Å². The van der Waals surface area contributed by atoms with Crippen molar-refractivity contribution in [2.24, 2.45) is 0 Å². The lowest BCUT2D eigenvalue weighted by Crippen LogP contribution is -2.13. The fraction of sp³-hybridized carbons (Fsp3) is 0.0435. The Morgan fingerprint density at radius 1 is 1.00 bits per heavy atom. The van der Waals surface area contributed by atoms with Gasteiger partial charge in [-0.2, -0.15) is 0 Å². The zero-order chi connectivity index (χ0) is 19.5. The molecule has 4 nitrogen and oxygen atoms in total. The smallest absolute Gasteiger partial charge is 0.256 e. The molecule has 0 aliphatic carbocycles. The van der Waals surface area contributed by atoms with Gasteiger partial charge in [0.15, 0.2) is 5.76 Å². The highest BCUT2D eigenvalue weighted by Gasteiger charge is 2.17. The number of nitrogens with zero attached hydrogens (tertiary/aromatic N) is 1. The number of benzene rings is 3. The maximum Gasteiger partial charge on any atom is 0.256 e. The average molecular weight is 433 g/mol. The molecule has 0 aliphatic rings. The Bertz CT molecular complexity index is 1150. The number of aromatic nitrogens is 1. The number of hydrogen-bond acceptors (Lipinski definition) is 3. The summed E-state index contributed by atoms with van der Waals surface area (Å²) in [4.78, 5) is 17.2. The molecule has 0 fully saturated rings. The molecule has 0 saturated carbocycles. The number of hydrogen-bond donors (Lipinski definition) is 1. The van der Waals surface area contributed by atoms with Crippen LogP contribution in [0.15, 0.2) is 87.9 Å². The highest BCUT2D eigenvalue weighted by molar-refractivity contribution is 9.10. The second-order valence-electron chi connectivity index (χ2n) is 6.41. The third kappa shape index (κ3) is 3.89. The van der Waals surface area contributed by atoms with Crippen molar-refractivity contribution in [3.63, 3.8) is 0 Å². The maximum atomic E-state index is 12.9. The zero-order valence-electron chi connectivity index (χ0n) is 15.1.